The number of carbonyl (C=O) groups excluding carboxylic acids is 1. The van der Waals surface area contributed by atoms with Gasteiger partial charge in [-0.3, -0.25) is 9.52 Å². The highest BCUT2D eigenvalue weighted by Crippen LogP contribution is 2.23. The van der Waals surface area contributed by atoms with Crippen molar-refractivity contribution in [1.29, 1.82) is 0 Å². The summed E-state index contributed by atoms with van der Waals surface area (Å²) in [6, 6.07) is 18.2. The first-order valence-corrected chi connectivity index (χ1v) is 10.4. The Labute approximate surface area is 169 Å². The molecule has 0 spiro atoms. The number of aryl methyl sites for hydroxylation is 2. The van der Waals surface area contributed by atoms with Gasteiger partial charge in [0.1, 0.15) is 0 Å². The largest absolute Gasteiger partial charge is 0.322 e. The fourth-order valence-electron chi connectivity index (χ4n) is 2.56. The first kappa shape index (κ1) is 19.9. The van der Waals surface area contributed by atoms with Crippen molar-refractivity contribution in [2.75, 3.05) is 10.0 Å². The van der Waals surface area contributed by atoms with Gasteiger partial charge in [-0.15, -0.1) is 0 Å². The Kier molecular flexibility index (Phi) is 5.72. The first-order valence-electron chi connectivity index (χ1n) is 8.52. The average Bonchev–Trinajstić information content (AvgIpc) is 2.63. The summed E-state index contributed by atoms with van der Waals surface area (Å²) in [4.78, 5) is 12.7. The van der Waals surface area contributed by atoms with Crippen molar-refractivity contribution >= 4 is 38.9 Å². The predicted molar refractivity (Wildman–Crippen MR) is 113 cm³/mol. The molecule has 28 heavy (non-hydrogen) atoms. The third-order valence-corrected chi connectivity index (χ3v) is 5.77. The minimum absolute atomic E-state index is 0.159. The number of hydrogen-bond acceptors (Lipinski definition) is 3. The number of benzene rings is 3. The van der Waals surface area contributed by atoms with E-state index in [1.54, 1.807) is 67.6 Å². The van der Waals surface area contributed by atoms with E-state index in [0.717, 1.165) is 5.56 Å². The number of anilines is 2. The van der Waals surface area contributed by atoms with Crippen LogP contribution in [-0.4, -0.2) is 14.3 Å². The van der Waals surface area contributed by atoms with Crippen LogP contribution in [0.25, 0.3) is 0 Å². The number of nitrogens with one attached hydrogen (secondary N) is 2. The summed E-state index contributed by atoms with van der Waals surface area (Å²) in [6.07, 6.45) is 0. The Morgan fingerprint density at radius 3 is 2.32 bits per heavy atom. The molecule has 0 aromatic heterocycles. The summed E-state index contributed by atoms with van der Waals surface area (Å²) in [5.41, 5.74) is 2.90. The lowest BCUT2D eigenvalue weighted by Crippen LogP contribution is -2.16. The molecule has 1 amide bonds. The molecule has 3 aromatic rings. The molecule has 3 aromatic carbocycles. The lowest BCUT2D eigenvalue weighted by molar-refractivity contribution is 0.102. The van der Waals surface area contributed by atoms with E-state index in [-0.39, 0.29) is 10.8 Å². The van der Waals surface area contributed by atoms with Gasteiger partial charge in [0.2, 0.25) is 0 Å². The molecule has 5 nitrogen and oxygen atoms in total. The van der Waals surface area contributed by atoms with Crippen LogP contribution in [0, 0.1) is 13.8 Å². The van der Waals surface area contributed by atoms with Gasteiger partial charge in [0, 0.05) is 16.3 Å². The van der Waals surface area contributed by atoms with Crippen molar-refractivity contribution in [2.24, 2.45) is 0 Å². The number of rotatable bonds is 5. The van der Waals surface area contributed by atoms with Crippen LogP contribution in [0.2, 0.25) is 5.02 Å². The third kappa shape index (κ3) is 4.71. The molecule has 0 saturated carbocycles. The van der Waals surface area contributed by atoms with Crippen LogP contribution < -0.4 is 10.0 Å². The highest BCUT2D eigenvalue weighted by molar-refractivity contribution is 7.92. The highest BCUT2D eigenvalue weighted by atomic mass is 35.5. The summed E-state index contributed by atoms with van der Waals surface area (Å²) in [5.74, 6) is -0.363. The summed E-state index contributed by atoms with van der Waals surface area (Å²) in [7, 11) is -3.76. The SMILES string of the molecule is Cc1ccc(S(=O)(=O)Nc2cc(C(=O)Nc3cccc(Cl)c3)ccc2C)cc1. The summed E-state index contributed by atoms with van der Waals surface area (Å²) < 4.78 is 27.9. The second-order valence-electron chi connectivity index (χ2n) is 6.41. The quantitative estimate of drug-likeness (QED) is 0.616. The fourth-order valence-corrected chi connectivity index (χ4v) is 3.88. The van der Waals surface area contributed by atoms with E-state index >= 15 is 0 Å². The second kappa shape index (κ2) is 8.04. The zero-order chi connectivity index (χ0) is 20.3. The van der Waals surface area contributed by atoms with Gasteiger partial charge < -0.3 is 5.32 Å². The van der Waals surface area contributed by atoms with Crippen LogP contribution in [0.3, 0.4) is 0 Å². The molecule has 0 fully saturated rings. The fraction of sp³-hybridized carbons (Fsp3) is 0.0952. The molecule has 0 heterocycles. The molecule has 0 aliphatic heterocycles. The molecule has 7 heteroatoms. The Morgan fingerprint density at radius 2 is 1.64 bits per heavy atom. The van der Waals surface area contributed by atoms with Crippen molar-refractivity contribution in [1.82, 2.24) is 0 Å². The Morgan fingerprint density at radius 1 is 0.929 bits per heavy atom. The average molecular weight is 415 g/mol. The summed E-state index contributed by atoms with van der Waals surface area (Å²) >= 11 is 5.93. The molecule has 3 rings (SSSR count). The Bertz CT molecular complexity index is 1130. The molecule has 0 atom stereocenters. The number of hydrogen-bond donors (Lipinski definition) is 2. The molecule has 144 valence electrons. The van der Waals surface area contributed by atoms with Gasteiger partial charge in [0.15, 0.2) is 0 Å². The molecule has 0 radical (unpaired) electrons. The Balaban J connectivity index is 1.85. The maximum atomic E-state index is 12.6. The molecular formula is C21H19ClN2O3S. The molecule has 0 aliphatic rings. The van der Waals surface area contributed by atoms with Crippen LogP contribution in [-0.2, 0) is 10.0 Å². The monoisotopic (exact) mass is 414 g/mol. The number of carbonyl (C=O) groups is 1. The minimum atomic E-state index is -3.76. The van der Waals surface area contributed by atoms with Crippen LogP contribution in [0.4, 0.5) is 11.4 Å². The van der Waals surface area contributed by atoms with Crippen LogP contribution in [0.5, 0.6) is 0 Å². The maximum absolute atomic E-state index is 12.6. The number of halogens is 1. The number of amides is 1. The van der Waals surface area contributed by atoms with Crippen LogP contribution in [0.1, 0.15) is 21.5 Å². The zero-order valence-electron chi connectivity index (χ0n) is 15.4. The minimum Gasteiger partial charge on any atom is -0.322 e. The zero-order valence-corrected chi connectivity index (χ0v) is 16.9. The second-order valence-corrected chi connectivity index (χ2v) is 8.53. The molecule has 0 bridgehead atoms. The van der Waals surface area contributed by atoms with Gasteiger partial charge in [-0.05, 0) is 61.9 Å². The molecule has 0 saturated heterocycles. The number of sulfonamides is 1. The predicted octanol–water partition coefficient (Wildman–Crippen LogP) is 5.01. The van der Waals surface area contributed by atoms with Crippen molar-refractivity contribution < 1.29 is 13.2 Å². The van der Waals surface area contributed by atoms with Crippen molar-refractivity contribution in [2.45, 2.75) is 18.7 Å². The normalized spacial score (nSPS) is 11.1. The first-order chi connectivity index (χ1) is 13.2. The van der Waals surface area contributed by atoms with E-state index in [4.69, 9.17) is 11.6 Å². The van der Waals surface area contributed by atoms with E-state index in [2.05, 4.69) is 10.0 Å². The van der Waals surface area contributed by atoms with Crippen LogP contribution in [0.15, 0.2) is 71.6 Å². The van der Waals surface area contributed by atoms with E-state index in [1.165, 1.54) is 6.07 Å². The van der Waals surface area contributed by atoms with Gasteiger partial charge in [-0.1, -0.05) is 41.4 Å². The maximum Gasteiger partial charge on any atom is 0.261 e. The van der Waals surface area contributed by atoms with Crippen molar-refractivity contribution in [3.63, 3.8) is 0 Å². The molecule has 0 aliphatic carbocycles. The van der Waals surface area contributed by atoms with E-state index in [1.807, 2.05) is 6.92 Å². The lowest BCUT2D eigenvalue weighted by atomic mass is 10.1. The topological polar surface area (TPSA) is 75.3 Å². The van der Waals surface area contributed by atoms with Gasteiger partial charge in [-0.2, -0.15) is 0 Å². The highest BCUT2D eigenvalue weighted by Gasteiger charge is 2.16. The van der Waals surface area contributed by atoms with Gasteiger partial charge in [0.25, 0.3) is 15.9 Å². The summed E-state index contributed by atoms with van der Waals surface area (Å²) in [6.45, 7) is 3.65. The standard InChI is InChI=1S/C21H19ClN2O3S/c1-14-6-10-19(11-7-14)28(26,27)24-20-12-16(9-8-15(20)2)21(25)23-18-5-3-4-17(22)13-18/h3-13,24H,1-2H3,(H,23,25). The Hall–Kier alpha value is -2.83. The molecule has 2 N–H and O–H groups in total. The lowest BCUT2D eigenvalue weighted by Gasteiger charge is -2.13. The van der Waals surface area contributed by atoms with Gasteiger partial charge in [0.05, 0.1) is 10.6 Å². The van der Waals surface area contributed by atoms with Crippen molar-refractivity contribution in [3.8, 4) is 0 Å². The summed E-state index contributed by atoms with van der Waals surface area (Å²) in [5, 5.41) is 3.25. The van der Waals surface area contributed by atoms with Crippen molar-refractivity contribution in [3.05, 3.63) is 88.4 Å². The van der Waals surface area contributed by atoms with E-state index in [0.29, 0.717) is 27.5 Å². The van der Waals surface area contributed by atoms with E-state index in [9.17, 15) is 13.2 Å². The van der Waals surface area contributed by atoms with Gasteiger partial charge >= 0.3 is 0 Å². The smallest absolute Gasteiger partial charge is 0.261 e. The molecular weight excluding hydrogens is 396 g/mol. The third-order valence-electron chi connectivity index (χ3n) is 4.16. The van der Waals surface area contributed by atoms with Gasteiger partial charge in [-0.25, -0.2) is 8.42 Å². The van der Waals surface area contributed by atoms with Crippen LogP contribution >= 0.6 is 11.6 Å². The van der Waals surface area contributed by atoms with E-state index < -0.39 is 10.0 Å². The molecule has 0 unspecified atom stereocenters.